The standard InChI is InChI=1S/C16H16ClF/c17-12-15(10-13-4-2-1-3-5-13)11-14-6-8-16(18)9-7-14/h1-9,15H,10-12H2. The fraction of sp³-hybridized carbons (Fsp3) is 0.250. The quantitative estimate of drug-likeness (QED) is 0.698. The fourth-order valence-corrected chi connectivity index (χ4v) is 2.30. The third kappa shape index (κ3) is 3.85. The second-order valence-electron chi connectivity index (χ2n) is 4.54. The van der Waals surface area contributed by atoms with Crippen LogP contribution in [0.15, 0.2) is 54.6 Å². The maximum atomic E-state index is 12.8. The molecule has 18 heavy (non-hydrogen) atoms. The van der Waals surface area contributed by atoms with Crippen LogP contribution in [0.5, 0.6) is 0 Å². The van der Waals surface area contributed by atoms with E-state index < -0.39 is 0 Å². The van der Waals surface area contributed by atoms with Crippen molar-refractivity contribution in [2.45, 2.75) is 12.8 Å². The van der Waals surface area contributed by atoms with E-state index in [0.717, 1.165) is 18.4 Å². The third-order valence-electron chi connectivity index (χ3n) is 3.02. The first-order valence-electron chi connectivity index (χ1n) is 6.12. The number of alkyl halides is 1. The molecule has 2 aromatic rings. The molecular formula is C16H16ClF. The summed E-state index contributed by atoms with van der Waals surface area (Å²) in [5, 5.41) is 0. The molecule has 0 N–H and O–H groups in total. The maximum absolute atomic E-state index is 12.8. The molecule has 1 unspecified atom stereocenters. The van der Waals surface area contributed by atoms with E-state index in [-0.39, 0.29) is 5.82 Å². The van der Waals surface area contributed by atoms with E-state index in [2.05, 4.69) is 12.1 Å². The molecule has 0 bridgehead atoms. The summed E-state index contributed by atoms with van der Waals surface area (Å²) in [4.78, 5) is 0. The summed E-state index contributed by atoms with van der Waals surface area (Å²) in [6.07, 6.45) is 1.85. The summed E-state index contributed by atoms with van der Waals surface area (Å²) in [6.45, 7) is 0. The minimum absolute atomic E-state index is 0.191. The van der Waals surface area contributed by atoms with Gasteiger partial charge in [-0.1, -0.05) is 42.5 Å². The van der Waals surface area contributed by atoms with E-state index in [9.17, 15) is 4.39 Å². The molecule has 2 aromatic carbocycles. The molecule has 0 saturated carbocycles. The summed E-state index contributed by atoms with van der Waals surface area (Å²) in [5.41, 5.74) is 2.43. The van der Waals surface area contributed by atoms with Crippen molar-refractivity contribution in [3.05, 3.63) is 71.5 Å². The van der Waals surface area contributed by atoms with Crippen molar-refractivity contribution in [2.24, 2.45) is 5.92 Å². The number of halogens is 2. The molecule has 0 aliphatic carbocycles. The lowest BCUT2D eigenvalue weighted by Crippen LogP contribution is -2.10. The molecule has 2 rings (SSSR count). The van der Waals surface area contributed by atoms with E-state index in [1.807, 2.05) is 30.3 Å². The van der Waals surface area contributed by atoms with E-state index in [1.54, 1.807) is 0 Å². The third-order valence-corrected chi connectivity index (χ3v) is 3.46. The molecule has 0 nitrogen and oxygen atoms in total. The van der Waals surface area contributed by atoms with Crippen molar-refractivity contribution in [2.75, 3.05) is 5.88 Å². The molecule has 0 amide bonds. The first-order chi connectivity index (χ1) is 8.78. The number of benzene rings is 2. The van der Waals surface area contributed by atoms with Gasteiger partial charge in [0.15, 0.2) is 0 Å². The lowest BCUT2D eigenvalue weighted by molar-refractivity contribution is 0.581. The van der Waals surface area contributed by atoms with Gasteiger partial charge < -0.3 is 0 Å². The van der Waals surface area contributed by atoms with Crippen LogP contribution >= 0.6 is 11.6 Å². The molecule has 0 spiro atoms. The zero-order valence-electron chi connectivity index (χ0n) is 10.2. The molecule has 0 heterocycles. The largest absolute Gasteiger partial charge is 0.207 e. The van der Waals surface area contributed by atoms with Crippen LogP contribution in [0.3, 0.4) is 0 Å². The Morgan fingerprint density at radius 2 is 1.39 bits per heavy atom. The van der Waals surface area contributed by atoms with Gasteiger partial charge >= 0.3 is 0 Å². The Balaban J connectivity index is 1.99. The highest BCUT2D eigenvalue weighted by Crippen LogP contribution is 2.16. The molecule has 0 saturated heterocycles. The molecule has 0 aliphatic heterocycles. The molecule has 0 aliphatic rings. The molecule has 0 fully saturated rings. The average molecular weight is 263 g/mol. The predicted molar refractivity (Wildman–Crippen MR) is 74.5 cm³/mol. The first-order valence-corrected chi connectivity index (χ1v) is 6.65. The van der Waals surface area contributed by atoms with Crippen molar-refractivity contribution < 1.29 is 4.39 Å². The van der Waals surface area contributed by atoms with Gasteiger partial charge in [0.1, 0.15) is 5.82 Å². The van der Waals surface area contributed by atoms with Gasteiger partial charge in [-0.05, 0) is 42.0 Å². The minimum Gasteiger partial charge on any atom is -0.207 e. The van der Waals surface area contributed by atoms with Crippen LogP contribution in [0.25, 0.3) is 0 Å². The fourth-order valence-electron chi connectivity index (χ4n) is 2.08. The minimum atomic E-state index is -0.191. The Kier molecular flexibility index (Phi) is 4.77. The van der Waals surface area contributed by atoms with Gasteiger partial charge in [0.25, 0.3) is 0 Å². The molecule has 2 heteroatoms. The summed E-state index contributed by atoms with van der Waals surface area (Å²) in [6, 6.07) is 17.0. The second-order valence-corrected chi connectivity index (χ2v) is 4.85. The Labute approximate surface area is 112 Å². The summed E-state index contributed by atoms with van der Waals surface area (Å²) in [5.74, 6) is 0.815. The zero-order chi connectivity index (χ0) is 12.8. The molecule has 94 valence electrons. The molecular weight excluding hydrogens is 247 g/mol. The maximum Gasteiger partial charge on any atom is 0.123 e. The monoisotopic (exact) mass is 262 g/mol. The predicted octanol–water partition coefficient (Wildman–Crippen LogP) is 4.47. The van der Waals surface area contributed by atoms with E-state index >= 15 is 0 Å². The van der Waals surface area contributed by atoms with Crippen molar-refractivity contribution in [1.29, 1.82) is 0 Å². The van der Waals surface area contributed by atoms with Crippen molar-refractivity contribution in [1.82, 2.24) is 0 Å². The lowest BCUT2D eigenvalue weighted by atomic mass is 9.94. The summed E-state index contributed by atoms with van der Waals surface area (Å²) in [7, 11) is 0. The van der Waals surface area contributed by atoms with Gasteiger partial charge in [0.2, 0.25) is 0 Å². The van der Waals surface area contributed by atoms with Crippen LogP contribution in [-0.4, -0.2) is 5.88 Å². The number of hydrogen-bond donors (Lipinski definition) is 0. The number of hydrogen-bond acceptors (Lipinski definition) is 0. The summed E-state index contributed by atoms with van der Waals surface area (Å²) >= 11 is 6.02. The van der Waals surface area contributed by atoms with Gasteiger partial charge in [-0.3, -0.25) is 0 Å². The zero-order valence-corrected chi connectivity index (χ0v) is 10.9. The first kappa shape index (κ1) is 13.1. The summed E-state index contributed by atoms with van der Waals surface area (Å²) < 4.78 is 12.8. The highest BCUT2D eigenvalue weighted by molar-refractivity contribution is 6.18. The van der Waals surface area contributed by atoms with Crippen LogP contribution in [0.2, 0.25) is 0 Å². The van der Waals surface area contributed by atoms with Crippen molar-refractivity contribution in [3.8, 4) is 0 Å². The number of rotatable bonds is 5. The van der Waals surface area contributed by atoms with Gasteiger partial charge in [0, 0.05) is 5.88 Å². The topological polar surface area (TPSA) is 0 Å². The van der Waals surface area contributed by atoms with Crippen LogP contribution in [-0.2, 0) is 12.8 Å². The lowest BCUT2D eigenvalue weighted by Gasteiger charge is -2.14. The van der Waals surface area contributed by atoms with Crippen LogP contribution < -0.4 is 0 Å². The molecule has 1 atom stereocenters. The highest BCUT2D eigenvalue weighted by Gasteiger charge is 2.09. The van der Waals surface area contributed by atoms with Crippen molar-refractivity contribution >= 4 is 11.6 Å². The smallest absolute Gasteiger partial charge is 0.123 e. The Hall–Kier alpha value is -1.34. The van der Waals surface area contributed by atoms with Crippen molar-refractivity contribution in [3.63, 3.8) is 0 Å². The Morgan fingerprint density at radius 1 is 0.833 bits per heavy atom. The van der Waals surface area contributed by atoms with E-state index in [4.69, 9.17) is 11.6 Å². The van der Waals surface area contributed by atoms with Crippen LogP contribution in [0, 0.1) is 11.7 Å². The second kappa shape index (κ2) is 6.55. The molecule has 0 aromatic heterocycles. The van der Waals surface area contributed by atoms with Gasteiger partial charge in [-0.25, -0.2) is 4.39 Å². The van der Waals surface area contributed by atoms with Crippen LogP contribution in [0.1, 0.15) is 11.1 Å². The molecule has 0 radical (unpaired) electrons. The van der Waals surface area contributed by atoms with E-state index in [0.29, 0.717) is 11.8 Å². The van der Waals surface area contributed by atoms with Gasteiger partial charge in [0.05, 0.1) is 0 Å². The van der Waals surface area contributed by atoms with Gasteiger partial charge in [-0.15, -0.1) is 11.6 Å². The highest BCUT2D eigenvalue weighted by atomic mass is 35.5. The Morgan fingerprint density at radius 3 is 1.94 bits per heavy atom. The SMILES string of the molecule is Fc1ccc(CC(CCl)Cc2ccccc2)cc1. The van der Waals surface area contributed by atoms with E-state index in [1.165, 1.54) is 17.7 Å². The van der Waals surface area contributed by atoms with Crippen LogP contribution in [0.4, 0.5) is 4.39 Å². The average Bonchev–Trinajstić information content (AvgIpc) is 2.41. The Bertz CT molecular complexity index is 464. The van der Waals surface area contributed by atoms with Gasteiger partial charge in [-0.2, -0.15) is 0 Å². The normalized spacial score (nSPS) is 12.3.